The number of hydrogen-bond donors (Lipinski definition) is 1. The van der Waals surface area contributed by atoms with Crippen molar-refractivity contribution in [3.05, 3.63) is 70.6 Å². The van der Waals surface area contributed by atoms with Gasteiger partial charge in [-0.15, -0.1) is 0 Å². The fourth-order valence-corrected chi connectivity index (χ4v) is 3.48. The molecule has 1 aliphatic carbocycles. The Balaban J connectivity index is 1.98. The summed E-state index contributed by atoms with van der Waals surface area (Å²) in [7, 11) is 0. The minimum atomic E-state index is -0.0809. The highest BCUT2D eigenvalue weighted by Crippen LogP contribution is 2.37. The molecule has 3 rings (SSSR count). The Hall–Kier alpha value is -2.09. The van der Waals surface area contributed by atoms with Gasteiger partial charge in [0.15, 0.2) is 0 Å². The normalized spacial score (nSPS) is 27.3. The summed E-state index contributed by atoms with van der Waals surface area (Å²) in [5.74, 6) is 0. The third-order valence-corrected chi connectivity index (χ3v) is 4.81. The molecule has 0 radical (unpaired) electrons. The van der Waals surface area contributed by atoms with Crippen molar-refractivity contribution in [1.82, 2.24) is 5.32 Å². The van der Waals surface area contributed by atoms with Crippen LogP contribution in [0, 0.1) is 0 Å². The molecule has 2 nitrogen and oxygen atoms in total. The molecule has 0 saturated carbocycles. The van der Waals surface area contributed by atoms with Crippen LogP contribution >= 0.6 is 0 Å². The number of rotatable bonds is 2. The Kier molecular flexibility index (Phi) is 3.78. The van der Waals surface area contributed by atoms with Crippen LogP contribution in [0.3, 0.4) is 0 Å². The van der Waals surface area contributed by atoms with E-state index in [1.807, 2.05) is 6.20 Å². The molecule has 2 heterocycles. The van der Waals surface area contributed by atoms with Gasteiger partial charge in [0, 0.05) is 24.0 Å². The summed E-state index contributed by atoms with van der Waals surface area (Å²) in [5.41, 5.74) is 7.74. The summed E-state index contributed by atoms with van der Waals surface area (Å²) in [6.45, 7) is 8.82. The number of hydrogen-bond acceptors (Lipinski definition) is 2. The molecule has 114 valence electrons. The molecule has 0 spiro atoms. The highest BCUT2D eigenvalue weighted by atomic mass is 15.0. The average Bonchev–Trinajstić information content (AvgIpc) is 2.67. The molecule has 0 fully saturated rings. The average molecular weight is 292 g/mol. The smallest absolute Gasteiger partial charge is 0.0784 e. The molecule has 0 aromatic rings. The van der Waals surface area contributed by atoms with Crippen LogP contribution < -0.4 is 5.32 Å². The number of dihydropyridines is 1. The van der Waals surface area contributed by atoms with Gasteiger partial charge < -0.3 is 5.32 Å². The molecule has 0 bridgehead atoms. The first-order chi connectivity index (χ1) is 10.5. The zero-order valence-electron chi connectivity index (χ0n) is 13.9. The Morgan fingerprint density at radius 3 is 2.86 bits per heavy atom. The van der Waals surface area contributed by atoms with Crippen molar-refractivity contribution < 1.29 is 0 Å². The highest BCUT2D eigenvalue weighted by molar-refractivity contribution is 6.02. The van der Waals surface area contributed by atoms with Gasteiger partial charge in [-0.05, 0) is 56.4 Å². The standard InChI is InChI=1S/C20H24N2/c1-14-9-6-8-12-21-19(14)13-17-15(2)18-10-5-7-11-20(18,4)22-16(17)3/h5,7-12,22H,6,13H2,1-4H3. The summed E-state index contributed by atoms with van der Waals surface area (Å²) in [6.07, 6.45) is 16.9. The van der Waals surface area contributed by atoms with Crippen LogP contribution in [0.5, 0.6) is 0 Å². The molecule has 1 atom stereocenters. The molecule has 1 N–H and O–H groups in total. The van der Waals surface area contributed by atoms with Crippen LogP contribution in [0.25, 0.3) is 0 Å². The van der Waals surface area contributed by atoms with Crippen LogP contribution in [-0.4, -0.2) is 11.3 Å². The van der Waals surface area contributed by atoms with Crippen LogP contribution in [0.4, 0.5) is 0 Å². The lowest BCUT2D eigenvalue weighted by Crippen LogP contribution is -2.45. The molecule has 2 aliphatic heterocycles. The Bertz CT molecular complexity index is 708. The zero-order valence-corrected chi connectivity index (χ0v) is 13.9. The van der Waals surface area contributed by atoms with E-state index in [4.69, 9.17) is 0 Å². The maximum absolute atomic E-state index is 4.64. The van der Waals surface area contributed by atoms with Crippen LogP contribution in [0.15, 0.2) is 75.6 Å². The second-order valence-corrected chi connectivity index (χ2v) is 6.45. The van der Waals surface area contributed by atoms with Gasteiger partial charge in [0.2, 0.25) is 0 Å². The van der Waals surface area contributed by atoms with E-state index >= 15 is 0 Å². The number of nitrogens with zero attached hydrogens (tertiary/aromatic N) is 1. The summed E-state index contributed by atoms with van der Waals surface area (Å²) >= 11 is 0. The van der Waals surface area contributed by atoms with Crippen LogP contribution in [0.1, 0.15) is 40.5 Å². The molecule has 1 unspecified atom stereocenters. The van der Waals surface area contributed by atoms with Crippen molar-refractivity contribution in [3.8, 4) is 0 Å². The topological polar surface area (TPSA) is 24.4 Å². The SMILES string of the molecule is CC1=CCC=CN=C1CC1=C(C)NC2(C)C=CC=CC2=C1C. The fourth-order valence-electron chi connectivity index (χ4n) is 3.48. The zero-order chi connectivity index (χ0) is 15.7. The highest BCUT2D eigenvalue weighted by Gasteiger charge is 2.33. The maximum atomic E-state index is 4.64. The molecule has 0 aromatic heterocycles. The number of fused-ring (bicyclic) bond motifs is 1. The fraction of sp³-hybridized carbons (Fsp3) is 0.350. The van der Waals surface area contributed by atoms with E-state index in [1.54, 1.807) is 0 Å². The van der Waals surface area contributed by atoms with E-state index < -0.39 is 0 Å². The molecule has 0 aromatic carbocycles. The lowest BCUT2D eigenvalue weighted by molar-refractivity contribution is 0.545. The van der Waals surface area contributed by atoms with E-state index in [9.17, 15) is 0 Å². The van der Waals surface area contributed by atoms with Gasteiger partial charge in [-0.1, -0.05) is 36.5 Å². The van der Waals surface area contributed by atoms with E-state index in [2.05, 4.69) is 74.5 Å². The summed E-state index contributed by atoms with van der Waals surface area (Å²) in [6, 6.07) is 0. The van der Waals surface area contributed by atoms with Gasteiger partial charge in [0.05, 0.1) is 5.54 Å². The number of nitrogens with one attached hydrogen (secondary N) is 1. The van der Waals surface area contributed by atoms with Crippen molar-refractivity contribution in [3.63, 3.8) is 0 Å². The lowest BCUT2D eigenvalue weighted by Gasteiger charge is -2.39. The van der Waals surface area contributed by atoms with E-state index in [1.165, 1.54) is 33.7 Å². The quantitative estimate of drug-likeness (QED) is 0.779. The number of aliphatic imine (C=N–C) groups is 1. The summed E-state index contributed by atoms with van der Waals surface area (Å²) in [4.78, 5) is 4.64. The Labute approximate surface area is 133 Å². The lowest BCUT2D eigenvalue weighted by atomic mass is 9.78. The first kappa shape index (κ1) is 14.8. The van der Waals surface area contributed by atoms with Crippen LogP contribution in [0.2, 0.25) is 0 Å². The molecule has 0 saturated heterocycles. The molecule has 2 heteroatoms. The van der Waals surface area contributed by atoms with E-state index in [0.717, 1.165) is 12.8 Å². The molecular formula is C20H24N2. The van der Waals surface area contributed by atoms with Crippen molar-refractivity contribution in [1.29, 1.82) is 0 Å². The second-order valence-electron chi connectivity index (χ2n) is 6.45. The first-order valence-corrected chi connectivity index (χ1v) is 7.95. The van der Waals surface area contributed by atoms with Gasteiger partial charge in [0.25, 0.3) is 0 Å². The molecule has 0 amide bonds. The number of allylic oxidation sites excluding steroid dienone is 8. The predicted octanol–water partition coefficient (Wildman–Crippen LogP) is 4.76. The summed E-state index contributed by atoms with van der Waals surface area (Å²) in [5, 5.41) is 3.69. The van der Waals surface area contributed by atoms with Crippen LogP contribution in [-0.2, 0) is 0 Å². The minimum Gasteiger partial charge on any atom is -0.376 e. The van der Waals surface area contributed by atoms with Gasteiger partial charge in [0.1, 0.15) is 0 Å². The van der Waals surface area contributed by atoms with Gasteiger partial charge in [-0.2, -0.15) is 0 Å². The van der Waals surface area contributed by atoms with Gasteiger partial charge in [-0.25, -0.2) is 0 Å². The van der Waals surface area contributed by atoms with Crippen molar-refractivity contribution in [2.24, 2.45) is 4.99 Å². The predicted molar refractivity (Wildman–Crippen MR) is 94.8 cm³/mol. The van der Waals surface area contributed by atoms with Crippen molar-refractivity contribution in [2.45, 2.75) is 46.1 Å². The minimum absolute atomic E-state index is 0.0809. The molecular weight excluding hydrogens is 268 g/mol. The van der Waals surface area contributed by atoms with Crippen molar-refractivity contribution >= 4 is 5.71 Å². The van der Waals surface area contributed by atoms with Gasteiger partial charge in [-0.3, -0.25) is 4.99 Å². The van der Waals surface area contributed by atoms with E-state index in [-0.39, 0.29) is 5.54 Å². The molecule has 3 aliphatic rings. The maximum Gasteiger partial charge on any atom is 0.0784 e. The first-order valence-electron chi connectivity index (χ1n) is 7.95. The third kappa shape index (κ3) is 2.54. The Morgan fingerprint density at radius 2 is 2.05 bits per heavy atom. The van der Waals surface area contributed by atoms with E-state index in [0.29, 0.717) is 0 Å². The Morgan fingerprint density at radius 1 is 1.23 bits per heavy atom. The van der Waals surface area contributed by atoms with Crippen molar-refractivity contribution in [2.75, 3.05) is 0 Å². The largest absolute Gasteiger partial charge is 0.376 e. The third-order valence-electron chi connectivity index (χ3n) is 4.81. The van der Waals surface area contributed by atoms with Gasteiger partial charge >= 0.3 is 0 Å². The monoisotopic (exact) mass is 292 g/mol. The summed E-state index contributed by atoms with van der Waals surface area (Å²) < 4.78 is 0. The molecule has 22 heavy (non-hydrogen) atoms. The second kappa shape index (κ2) is 5.60.